The molecule has 0 saturated heterocycles. The van der Waals surface area contributed by atoms with Gasteiger partial charge >= 0.3 is 0 Å². The number of nitrogens with two attached hydrogens (primary N) is 1. The molecule has 2 N–H and O–H groups in total. The second kappa shape index (κ2) is 3.31. The average molecular weight is 168 g/mol. The van der Waals surface area contributed by atoms with Gasteiger partial charge in [-0.05, 0) is 17.7 Å². The normalized spacial score (nSPS) is 9.85. The maximum atomic E-state index is 5.84. The fourth-order valence-electron chi connectivity index (χ4n) is 1.33. The van der Waals surface area contributed by atoms with Gasteiger partial charge in [0.2, 0.25) is 0 Å². The van der Waals surface area contributed by atoms with E-state index in [-0.39, 0.29) is 0 Å². The molecule has 0 spiro atoms. The summed E-state index contributed by atoms with van der Waals surface area (Å²) in [5.74, 6) is 0. The smallest absolute Gasteiger partial charge is 0.0393 e. The second-order valence-corrected chi connectivity index (χ2v) is 2.88. The molecule has 0 aliphatic heterocycles. The Hall–Kier alpha value is -1.76. The number of hydrogen-bond donors (Lipinski definition) is 1. The Bertz CT molecular complexity index is 393. The molecular formula is C12H10N. The highest BCUT2D eigenvalue weighted by molar-refractivity contribution is 5.75. The van der Waals surface area contributed by atoms with E-state index in [0.717, 1.165) is 16.8 Å². The first-order valence-electron chi connectivity index (χ1n) is 4.19. The third-order valence-electron chi connectivity index (χ3n) is 1.99. The summed E-state index contributed by atoms with van der Waals surface area (Å²) in [6, 6.07) is 18.6. The van der Waals surface area contributed by atoms with Crippen LogP contribution in [0.5, 0.6) is 0 Å². The summed E-state index contributed by atoms with van der Waals surface area (Å²) in [6.45, 7) is 0. The van der Waals surface area contributed by atoms with Crippen molar-refractivity contribution in [1.82, 2.24) is 0 Å². The first-order valence-corrected chi connectivity index (χ1v) is 4.19. The van der Waals surface area contributed by atoms with Crippen molar-refractivity contribution < 1.29 is 0 Å². The van der Waals surface area contributed by atoms with Crippen LogP contribution in [-0.4, -0.2) is 0 Å². The zero-order valence-corrected chi connectivity index (χ0v) is 7.20. The van der Waals surface area contributed by atoms with Crippen molar-refractivity contribution in [3.05, 3.63) is 54.6 Å². The highest BCUT2D eigenvalue weighted by atomic mass is 14.6. The lowest BCUT2D eigenvalue weighted by atomic mass is 10.0. The highest BCUT2D eigenvalue weighted by Crippen LogP contribution is 2.24. The van der Waals surface area contributed by atoms with Crippen molar-refractivity contribution in [1.29, 1.82) is 0 Å². The molecule has 0 bridgehead atoms. The van der Waals surface area contributed by atoms with Crippen LogP contribution in [0.3, 0.4) is 0 Å². The fourth-order valence-corrected chi connectivity index (χ4v) is 1.33. The molecule has 2 rings (SSSR count). The number of nitrogen functional groups attached to an aromatic ring is 1. The fraction of sp³-hybridized carbons (Fsp3) is 0. The predicted octanol–water partition coefficient (Wildman–Crippen LogP) is 2.74. The molecule has 1 nitrogen and oxygen atoms in total. The van der Waals surface area contributed by atoms with Crippen LogP contribution >= 0.6 is 0 Å². The monoisotopic (exact) mass is 168 g/mol. The maximum absolute atomic E-state index is 5.84. The number of para-hydroxylation sites is 1. The number of hydrogen-bond acceptors (Lipinski definition) is 1. The minimum absolute atomic E-state index is 0.814. The molecule has 0 heterocycles. The molecule has 0 atom stereocenters. The number of anilines is 1. The van der Waals surface area contributed by atoms with Gasteiger partial charge in [-0.3, -0.25) is 0 Å². The second-order valence-electron chi connectivity index (χ2n) is 2.88. The van der Waals surface area contributed by atoms with Gasteiger partial charge in [0.25, 0.3) is 0 Å². The molecular weight excluding hydrogens is 158 g/mol. The van der Waals surface area contributed by atoms with Gasteiger partial charge in [-0.2, -0.15) is 0 Å². The standard InChI is InChI=1S/C12H10N/c13-12-9-5-4-8-11(12)10-6-2-1-3-7-10/h2-9H,13H2. The van der Waals surface area contributed by atoms with Crippen LogP contribution in [0.25, 0.3) is 11.1 Å². The molecule has 0 amide bonds. The Kier molecular flexibility index (Phi) is 2.01. The average Bonchev–Trinajstić information content (AvgIpc) is 2.20. The zero-order chi connectivity index (χ0) is 9.10. The molecule has 0 aliphatic rings. The third kappa shape index (κ3) is 1.54. The van der Waals surface area contributed by atoms with Gasteiger partial charge in [-0.15, -0.1) is 0 Å². The molecule has 0 aromatic heterocycles. The van der Waals surface area contributed by atoms with Crippen molar-refractivity contribution in [3.8, 4) is 11.1 Å². The minimum Gasteiger partial charge on any atom is -0.398 e. The molecule has 63 valence electrons. The molecule has 0 saturated carbocycles. The molecule has 2 aromatic rings. The summed E-state index contributed by atoms with van der Waals surface area (Å²) in [6.07, 6.45) is 0. The van der Waals surface area contributed by atoms with E-state index in [1.807, 2.05) is 48.5 Å². The quantitative estimate of drug-likeness (QED) is 0.651. The van der Waals surface area contributed by atoms with Crippen LogP contribution in [0.1, 0.15) is 0 Å². The molecule has 2 aromatic carbocycles. The van der Waals surface area contributed by atoms with Crippen LogP contribution in [0.15, 0.2) is 48.5 Å². The number of benzene rings is 2. The van der Waals surface area contributed by atoms with Crippen molar-refractivity contribution in [2.75, 3.05) is 5.73 Å². The largest absolute Gasteiger partial charge is 0.398 e. The molecule has 0 unspecified atom stereocenters. The lowest BCUT2D eigenvalue weighted by molar-refractivity contribution is 1.60. The lowest BCUT2D eigenvalue weighted by Crippen LogP contribution is -1.88. The summed E-state index contributed by atoms with van der Waals surface area (Å²) >= 11 is 0. The molecule has 13 heavy (non-hydrogen) atoms. The summed E-state index contributed by atoms with van der Waals surface area (Å²) < 4.78 is 0. The van der Waals surface area contributed by atoms with Gasteiger partial charge in [0, 0.05) is 11.3 Å². The van der Waals surface area contributed by atoms with Crippen LogP contribution in [0, 0.1) is 6.07 Å². The van der Waals surface area contributed by atoms with E-state index in [0.29, 0.717) is 0 Å². The van der Waals surface area contributed by atoms with Crippen LogP contribution < -0.4 is 5.73 Å². The summed E-state index contributed by atoms with van der Waals surface area (Å²) in [5.41, 5.74) is 8.87. The van der Waals surface area contributed by atoms with Gasteiger partial charge in [0.15, 0.2) is 0 Å². The van der Waals surface area contributed by atoms with Gasteiger partial charge in [-0.25, -0.2) is 0 Å². The summed E-state index contributed by atoms with van der Waals surface area (Å²) in [4.78, 5) is 0. The minimum atomic E-state index is 0.814. The van der Waals surface area contributed by atoms with E-state index < -0.39 is 0 Å². The van der Waals surface area contributed by atoms with Crippen LogP contribution in [-0.2, 0) is 0 Å². The van der Waals surface area contributed by atoms with Crippen molar-refractivity contribution >= 4 is 5.69 Å². The topological polar surface area (TPSA) is 26.0 Å². The van der Waals surface area contributed by atoms with E-state index in [4.69, 9.17) is 5.73 Å². The first kappa shape index (κ1) is 7.87. The Morgan fingerprint density at radius 1 is 0.923 bits per heavy atom. The molecule has 1 heteroatoms. The SMILES string of the molecule is Nc1ccccc1-c1cc[c]cc1. The van der Waals surface area contributed by atoms with E-state index in [2.05, 4.69) is 6.07 Å². The van der Waals surface area contributed by atoms with Crippen molar-refractivity contribution in [3.63, 3.8) is 0 Å². The Morgan fingerprint density at radius 3 is 2.31 bits per heavy atom. The van der Waals surface area contributed by atoms with E-state index >= 15 is 0 Å². The van der Waals surface area contributed by atoms with E-state index in [1.165, 1.54) is 0 Å². The van der Waals surface area contributed by atoms with Crippen LogP contribution in [0.2, 0.25) is 0 Å². The van der Waals surface area contributed by atoms with Crippen molar-refractivity contribution in [2.24, 2.45) is 0 Å². The predicted molar refractivity (Wildman–Crippen MR) is 55.1 cm³/mol. The highest BCUT2D eigenvalue weighted by Gasteiger charge is 1.98. The van der Waals surface area contributed by atoms with Gasteiger partial charge in [0.05, 0.1) is 0 Å². The Balaban J connectivity index is 2.54. The zero-order valence-electron chi connectivity index (χ0n) is 7.20. The van der Waals surface area contributed by atoms with E-state index in [1.54, 1.807) is 0 Å². The van der Waals surface area contributed by atoms with Gasteiger partial charge in [-0.1, -0.05) is 42.5 Å². The maximum Gasteiger partial charge on any atom is 0.0393 e. The third-order valence-corrected chi connectivity index (χ3v) is 1.99. The van der Waals surface area contributed by atoms with E-state index in [9.17, 15) is 0 Å². The molecule has 1 radical (unpaired) electrons. The Labute approximate surface area is 77.8 Å². The molecule has 0 fully saturated rings. The van der Waals surface area contributed by atoms with Crippen LogP contribution in [0.4, 0.5) is 5.69 Å². The lowest BCUT2D eigenvalue weighted by Gasteiger charge is -2.03. The first-order chi connectivity index (χ1) is 6.38. The van der Waals surface area contributed by atoms with Gasteiger partial charge in [0.1, 0.15) is 0 Å². The van der Waals surface area contributed by atoms with Crippen molar-refractivity contribution in [2.45, 2.75) is 0 Å². The summed E-state index contributed by atoms with van der Waals surface area (Å²) in [7, 11) is 0. The Morgan fingerprint density at radius 2 is 1.62 bits per heavy atom. The number of rotatable bonds is 1. The van der Waals surface area contributed by atoms with Gasteiger partial charge < -0.3 is 5.73 Å². The molecule has 0 aliphatic carbocycles. The summed E-state index contributed by atoms with van der Waals surface area (Å²) in [5, 5.41) is 0.